The van der Waals surface area contributed by atoms with Crippen molar-refractivity contribution < 1.29 is 14.4 Å². The first-order chi connectivity index (χ1) is 20.7. The molecule has 5 rings (SSSR count). The number of non-ortho nitro benzene ring substituents is 1. The number of nitrogens with zero attached hydrogens (tertiary/aromatic N) is 4. The average molecular weight is 597 g/mol. The van der Waals surface area contributed by atoms with Gasteiger partial charge in [0.25, 0.3) is 11.2 Å². The van der Waals surface area contributed by atoms with E-state index in [9.17, 15) is 14.9 Å². The number of methoxy groups -OCH3 is 1. The van der Waals surface area contributed by atoms with Crippen LogP contribution in [0.3, 0.4) is 0 Å². The Bertz CT molecular complexity index is 1930. The van der Waals surface area contributed by atoms with E-state index in [1.54, 1.807) is 31.4 Å². The number of nitro benzene ring substituents is 1. The molecule has 1 heterocycles. The molecule has 0 unspecified atom stereocenters. The third-order valence-corrected chi connectivity index (χ3v) is 7.42. The van der Waals surface area contributed by atoms with Crippen LogP contribution in [0.15, 0.2) is 88.8 Å². The Hall–Kier alpha value is -5.02. The first kappa shape index (κ1) is 29.5. The molecular formula is C33H29ClN4O5. The molecule has 0 atom stereocenters. The van der Waals surface area contributed by atoms with E-state index in [1.165, 1.54) is 29.1 Å². The van der Waals surface area contributed by atoms with Crippen molar-refractivity contribution in [2.45, 2.75) is 33.3 Å². The van der Waals surface area contributed by atoms with Crippen molar-refractivity contribution in [2.24, 2.45) is 5.10 Å². The standard InChI is InChI=1S/C33H29ClN4O5/c1-20(2)26-17-27(21(3)15-31(26)42-4)32-36-29-12-8-6-10-25(29)33(39)37(32)35-18-23-16-24(38(40)41)13-14-30(23)43-19-22-9-5-7-11-28(22)34/h5-18,20H,19H2,1-4H3. The fourth-order valence-electron chi connectivity index (χ4n) is 4.74. The highest BCUT2D eigenvalue weighted by Crippen LogP contribution is 2.34. The number of aryl methyl sites for hydroxylation is 1. The van der Waals surface area contributed by atoms with Crippen LogP contribution in [0.25, 0.3) is 22.3 Å². The van der Waals surface area contributed by atoms with Crippen LogP contribution in [-0.2, 0) is 6.61 Å². The van der Waals surface area contributed by atoms with Crippen LogP contribution < -0.4 is 15.0 Å². The number of aromatic nitrogens is 2. The Morgan fingerprint density at radius 2 is 1.79 bits per heavy atom. The Morgan fingerprint density at radius 3 is 2.51 bits per heavy atom. The minimum Gasteiger partial charge on any atom is -0.496 e. The van der Waals surface area contributed by atoms with Crippen LogP contribution in [0.4, 0.5) is 5.69 Å². The van der Waals surface area contributed by atoms with Crippen LogP contribution in [0.5, 0.6) is 11.5 Å². The molecule has 0 aliphatic carbocycles. The van der Waals surface area contributed by atoms with E-state index >= 15 is 0 Å². The highest BCUT2D eigenvalue weighted by atomic mass is 35.5. The molecule has 10 heteroatoms. The molecule has 1 aromatic heterocycles. The first-order valence-corrected chi connectivity index (χ1v) is 14.0. The van der Waals surface area contributed by atoms with E-state index in [0.29, 0.717) is 38.6 Å². The first-order valence-electron chi connectivity index (χ1n) is 13.6. The van der Waals surface area contributed by atoms with Crippen molar-refractivity contribution in [1.82, 2.24) is 9.66 Å². The molecule has 0 spiro atoms. The molecular weight excluding hydrogens is 568 g/mol. The number of nitro groups is 1. The summed E-state index contributed by atoms with van der Waals surface area (Å²) in [6.07, 6.45) is 1.37. The molecule has 0 aliphatic rings. The monoisotopic (exact) mass is 596 g/mol. The molecule has 0 saturated carbocycles. The summed E-state index contributed by atoms with van der Waals surface area (Å²) in [5.41, 5.74) is 3.54. The van der Waals surface area contributed by atoms with Crippen LogP contribution >= 0.6 is 11.6 Å². The summed E-state index contributed by atoms with van der Waals surface area (Å²) in [5.74, 6) is 1.54. The van der Waals surface area contributed by atoms with Gasteiger partial charge in [0.1, 0.15) is 18.1 Å². The van der Waals surface area contributed by atoms with Crippen LogP contribution in [0.1, 0.15) is 42.0 Å². The molecule has 0 fully saturated rings. The topological polar surface area (TPSA) is 109 Å². The molecule has 0 radical (unpaired) electrons. The normalized spacial score (nSPS) is 11.4. The van der Waals surface area contributed by atoms with Crippen molar-refractivity contribution in [1.29, 1.82) is 0 Å². The van der Waals surface area contributed by atoms with Gasteiger partial charge in [-0.15, -0.1) is 0 Å². The SMILES string of the molecule is COc1cc(C)c(-c2nc3ccccc3c(=O)n2N=Cc2cc([N+](=O)[O-])ccc2OCc2ccccc2Cl)cc1C(C)C. The number of hydrogen-bond donors (Lipinski definition) is 0. The molecule has 0 saturated heterocycles. The van der Waals surface area contributed by atoms with Crippen molar-refractivity contribution in [3.05, 3.63) is 127 Å². The van der Waals surface area contributed by atoms with Crippen LogP contribution in [0.2, 0.25) is 5.02 Å². The number of ether oxygens (including phenoxy) is 2. The Labute approximate surface area is 253 Å². The number of fused-ring (bicyclic) bond motifs is 1. The van der Waals surface area contributed by atoms with E-state index in [2.05, 4.69) is 18.9 Å². The second kappa shape index (κ2) is 12.5. The molecule has 9 nitrogen and oxygen atoms in total. The highest BCUT2D eigenvalue weighted by molar-refractivity contribution is 6.31. The summed E-state index contributed by atoms with van der Waals surface area (Å²) in [4.78, 5) is 29.8. The fraction of sp³-hybridized carbons (Fsp3) is 0.182. The van der Waals surface area contributed by atoms with Gasteiger partial charge >= 0.3 is 0 Å². The zero-order valence-electron chi connectivity index (χ0n) is 24.1. The Kier molecular flexibility index (Phi) is 8.54. The second-order valence-electron chi connectivity index (χ2n) is 10.2. The average Bonchev–Trinajstić information content (AvgIpc) is 3.00. The summed E-state index contributed by atoms with van der Waals surface area (Å²) in [6, 6.07) is 22.4. The minimum absolute atomic E-state index is 0.129. The summed E-state index contributed by atoms with van der Waals surface area (Å²) in [5, 5.41) is 17.1. The predicted molar refractivity (Wildman–Crippen MR) is 169 cm³/mol. The number of halogens is 1. The Morgan fingerprint density at radius 1 is 1.05 bits per heavy atom. The lowest BCUT2D eigenvalue weighted by Crippen LogP contribution is -2.21. The van der Waals surface area contributed by atoms with Gasteiger partial charge < -0.3 is 9.47 Å². The minimum atomic E-state index is -0.501. The molecule has 0 aliphatic heterocycles. The number of para-hydroxylation sites is 1. The molecule has 4 aromatic carbocycles. The van der Waals surface area contributed by atoms with Gasteiger partial charge in [-0.2, -0.15) is 9.78 Å². The predicted octanol–water partition coefficient (Wildman–Crippen LogP) is 7.53. The molecule has 0 bridgehead atoms. The lowest BCUT2D eigenvalue weighted by atomic mass is 9.96. The third-order valence-electron chi connectivity index (χ3n) is 7.05. The largest absolute Gasteiger partial charge is 0.496 e. The van der Waals surface area contributed by atoms with Gasteiger partial charge in [-0.3, -0.25) is 14.9 Å². The van der Waals surface area contributed by atoms with Crippen molar-refractivity contribution in [2.75, 3.05) is 7.11 Å². The van der Waals surface area contributed by atoms with E-state index in [-0.39, 0.29) is 23.8 Å². The highest BCUT2D eigenvalue weighted by Gasteiger charge is 2.19. The molecule has 43 heavy (non-hydrogen) atoms. The van der Waals surface area contributed by atoms with Crippen LogP contribution in [0, 0.1) is 17.0 Å². The smallest absolute Gasteiger partial charge is 0.282 e. The van der Waals surface area contributed by atoms with Gasteiger partial charge in [0.2, 0.25) is 0 Å². The fourth-order valence-corrected chi connectivity index (χ4v) is 4.94. The van der Waals surface area contributed by atoms with E-state index in [0.717, 1.165) is 22.4 Å². The van der Waals surface area contributed by atoms with Gasteiger partial charge in [0, 0.05) is 33.8 Å². The maximum atomic E-state index is 13.8. The maximum absolute atomic E-state index is 13.8. The van der Waals surface area contributed by atoms with E-state index < -0.39 is 4.92 Å². The zero-order valence-corrected chi connectivity index (χ0v) is 24.8. The maximum Gasteiger partial charge on any atom is 0.282 e. The number of hydrogen-bond acceptors (Lipinski definition) is 7. The van der Waals surface area contributed by atoms with Crippen molar-refractivity contribution in [3.8, 4) is 22.9 Å². The van der Waals surface area contributed by atoms with Crippen LogP contribution in [-0.4, -0.2) is 27.9 Å². The summed E-state index contributed by atoms with van der Waals surface area (Å²) in [6.45, 7) is 6.16. The summed E-state index contributed by atoms with van der Waals surface area (Å²) >= 11 is 6.29. The van der Waals surface area contributed by atoms with E-state index in [4.69, 9.17) is 26.1 Å². The number of benzene rings is 4. The van der Waals surface area contributed by atoms with Gasteiger partial charge in [0.15, 0.2) is 5.82 Å². The molecule has 0 N–H and O–H groups in total. The molecule has 5 aromatic rings. The molecule has 218 valence electrons. The van der Waals surface area contributed by atoms with Gasteiger partial charge in [-0.1, -0.05) is 55.8 Å². The second-order valence-corrected chi connectivity index (χ2v) is 10.6. The van der Waals surface area contributed by atoms with Crippen molar-refractivity contribution >= 4 is 34.4 Å². The Balaban J connectivity index is 1.67. The summed E-state index contributed by atoms with van der Waals surface area (Å²) in [7, 11) is 1.62. The summed E-state index contributed by atoms with van der Waals surface area (Å²) < 4.78 is 12.9. The van der Waals surface area contributed by atoms with Gasteiger partial charge in [-0.25, -0.2) is 4.98 Å². The van der Waals surface area contributed by atoms with Gasteiger partial charge in [-0.05, 0) is 60.4 Å². The van der Waals surface area contributed by atoms with Crippen molar-refractivity contribution in [3.63, 3.8) is 0 Å². The van der Waals surface area contributed by atoms with E-state index in [1.807, 2.05) is 43.3 Å². The lowest BCUT2D eigenvalue weighted by molar-refractivity contribution is -0.384. The van der Waals surface area contributed by atoms with Gasteiger partial charge in [0.05, 0.1) is 29.2 Å². The third kappa shape index (κ3) is 6.12. The lowest BCUT2D eigenvalue weighted by Gasteiger charge is -2.17. The quantitative estimate of drug-likeness (QED) is 0.0988. The number of rotatable bonds is 9. The zero-order chi connectivity index (χ0) is 30.7. The molecule has 0 amide bonds.